The lowest BCUT2D eigenvalue weighted by molar-refractivity contribution is -0.118. The number of hydrogen-bond acceptors (Lipinski definition) is 5. The molecule has 1 amide bonds. The highest BCUT2D eigenvalue weighted by Crippen LogP contribution is 2.27. The second-order valence-electron chi connectivity index (χ2n) is 4.75. The first-order valence-electron chi connectivity index (χ1n) is 7.20. The molecule has 0 aliphatic heterocycles. The Morgan fingerprint density at radius 1 is 1.39 bits per heavy atom. The fourth-order valence-corrected chi connectivity index (χ4v) is 2.01. The SMILES string of the molecule is CCCn1nccc1NC(=O)COc1ccc(C#N)cc1OC. The van der Waals surface area contributed by atoms with Gasteiger partial charge in [-0.25, -0.2) is 4.68 Å². The van der Waals surface area contributed by atoms with Crippen LogP contribution in [0.15, 0.2) is 30.5 Å². The van der Waals surface area contributed by atoms with Gasteiger partial charge < -0.3 is 14.8 Å². The van der Waals surface area contributed by atoms with Crippen molar-refractivity contribution in [1.82, 2.24) is 9.78 Å². The molecule has 0 saturated carbocycles. The molecule has 2 rings (SSSR count). The Hall–Kier alpha value is -3.01. The molecular weight excluding hydrogens is 296 g/mol. The molecule has 1 heterocycles. The van der Waals surface area contributed by atoms with Gasteiger partial charge >= 0.3 is 0 Å². The molecule has 0 unspecified atom stereocenters. The van der Waals surface area contributed by atoms with E-state index in [1.165, 1.54) is 7.11 Å². The first-order chi connectivity index (χ1) is 11.2. The van der Waals surface area contributed by atoms with Crippen LogP contribution in [0, 0.1) is 11.3 Å². The Kier molecular flexibility index (Phi) is 5.58. The lowest BCUT2D eigenvalue weighted by atomic mass is 10.2. The number of nitrogens with one attached hydrogen (secondary N) is 1. The summed E-state index contributed by atoms with van der Waals surface area (Å²) in [4.78, 5) is 12.0. The zero-order valence-electron chi connectivity index (χ0n) is 13.1. The van der Waals surface area contributed by atoms with Crippen LogP contribution >= 0.6 is 0 Å². The molecule has 0 bridgehead atoms. The molecule has 23 heavy (non-hydrogen) atoms. The summed E-state index contributed by atoms with van der Waals surface area (Å²) < 4.78 is 12.3. The number of aryl methyl sites for hydroxylation is 1. The fraction of sp³-hybridized carbons (Fsp3) is 0.312. The zero-order valence-corrected chi connectivity index (χ0v) is 13.1. The summed E-state index contributed by atoms with van der Waals surface area (Å²) in [7, 11) is 1.48. The Bertz CT molecular complexity index is 718. The molecule has 1 aromatic carbocycles. The van der Waals surface area contributed by atoms with Crippen LogP contribution in [-0.2, 0) is 11.3 Å². The number of methoxy groups -OCH3 is 1. The predicted molar refractivity (Wildman–Crippen MR) is 84.4 cm³/mol. The summed E-state index contributed by atoms with van der Waals surface area (Å²) >= 11 is 0. The van der Waals surface area contributed by atoms with E-state index < -0.39 is 0 Å². The van der Waals surface area contributed by atoms with Crippen molar-refractivity contribution in [1.29, 1.82) is 5.26 Å². The molecule has 0 radical (unpaired) electrons. The minimum absolute atomic E-state index is 0.167. The van der Waals surface area contributed by atoms with Gasteiger partial charge in [0, 0.05) is 18.7 Å². The van der Waals surface area contributed by atoms with E-state index >= 15 is 0 Å². The molecule has 0 aliphatic rings. The maximum absolute atomic E-state index is 12.0. The van der Waals surface area contributed by atoms with Crippen LogP contribution in [0.3, 0.4) is 0 Å². The van der Waals surface area contributed by atoms with Gasteiger partial charge in [-0.2, -0.15) is 10.4 Å². The Morgan fingerprint density at radius 2 is 2.22 bits per heavy atom. The van der Waals surface area contributed by atoms with E-state index in [2.05, 4.69) is 10.4 Å². The number of nitriles is 1. The third kappa shape index (κ3) is 4.23. The molecule has 7 heteroatoms. The topological polar surface area (TPSA) is 89.2 Å². The van der Waals surface area contributed by atoms with E-state index in [0.717, 1.165) is 13.0 Å². The van der Waals surface area contributed by atoms with Crippen LogP contribution in [0.2, 0.25) is 0 Å². The number of hydrogen-bond donors (Lipinski definition) is 1. The standard InChI is InChI=1S/C16H18N4O3/c1-3-8-20-15(6-7-18-20)19-16(21)11-23-13-5-4-12(10-17)9-14(13)22-2/h4-7,9H,3,8,11H2,1-2H3,(H,19,21). The molecule has 2 aromatic rings. The molecule has 0 aliphatic carbocycles. The largest absolute Gasteiger partial charge is 0.493 e. The van der Waals surface area contributed by atoms with Gasteiger partial charge in [-0.05, 0) is 18.6 Å². The number of ether oxygens (including phenoxy) is 2. The third-order valence-electron chi connectivity index (χ3n) is 3.07. The van der Waals surface area contributed by atoms with E-state index in [-0.39, 0.29) is 12.5 Å². The van der Waals surface area contributed by atoms with Crippen LogP contribution in [0.1, 0.15) is 18.9 Å². The molecule has 7 nitrogen and oxygen atoms in total. The second-order valence-corrected chi connectivity index (χ2v) is 4.75. The van der Waals surface area contributed by atoms with Gasteiger partial charge in [-0.3, -0.25) is 4.79 Å². The first-order valence-corrected chi connectivity index (χ1v) is 7.20. The lowest BCUT2D eigenvalue weighted by Crippen LogP contribution is -2.22. The Morgan fingerprint density at radius 3 is 2.91 bits per heavy atom. The van der Waals surface area contributed by atoms with E-state index in [0.29, 0.717) is 22.9 Å². The van der Waals surface area contributed by atoms with Crippen LogP contribution in [-0.4, -0.2) is 29.4 Å². The van der Waals surface area contributed by atoms with Crippen LogP contribution < -0.4 is 14.8 Å². The lowest BCUT2D eigenvalue weighted by Gasteiger charge is -2.11. The Balaban J connectivity index is 1.97. The summed E-state index contributed by atoms with van der Waals surface area (Å²) in [5.41, 5.74) is 0.460. The van der Waals surface area contributed by atoms with Gasteiger partial charge in [0.2, 0.25) is 0 Å². The molecule has 1 aromatic heterocycles. The van der Waals surface area contributed by atoms with E-state index in [9.17, 15) is 4.79 Å². The highest BCUT2D eigenvalue weighted by atomic mass is 16.5. The fourth-order valence-electron chi connectivity index (χ4n) is 2.01. The number of benzene rings is 1. The smallest absolute Gasteiger partial charge is 0.263 e. The minimum atomic E-state index is -0.297. The van der Waals surface area contributed by atoms with Gasteiger partial charge in [0.05, 0.1) is 24.9 Å². The monoisotopic (exact) mass is 314 g/mol. The number of rotatable bonds is 7. The maximum Gasteiger partial charge on any atom is 0.263 e. The Labute approximate surface area is 134 Å². The summed E-state index contributed by atoms with van der Waals surface area (Å²) in [5.74, 6) is 1.15. The third-order valence-corrected chi connectivity index (χ3v) is 3.07. The molecular formula is C16H18N4O3. The number of nitrogens with zero attached hydrogens (tertiary/aromatic N) is 3. The number of anilines is 1. The highest BCUT2D eigenvalue weighted by molar-refractivity contribution is 5.91. The highest BCUT2D eigenvalue weighted by Gasteiger charge is 2.10. The molecule has 0 spiro atoms. The maximum atomic E-state index is 12.0. The quantitative estimate of drug-likeness (QED) is 0.846. The van der Waals surface area contributed by atoms with Gasteiger partial charge in [0.15, 0.2) is 18.1 Å². The summed E-state index contributed by atoms with van der Waals surface area (Å²) in [6.45, 7) is 2.60. The van der Waals surface area contributed by atoms with E-state index in [1.807, 2.05) is 13.0 Å². The van der Waals surface area contributed by atoms with Crippen molar-refractivity contribution in [2.24, 2.45) is 0 Å². The molecule has 0 atom stereocenters. The van der Waals surface area contributed by atoms with Crippen molar-refractivity contribution in [3.63, 3.8) is 0 Å². The average Bonchev–Trinajstić information content (AvgIpc) is 3.00. The number of aromatic nitrogens is 2. The molecule has 1 N–H and O–H groups in total. The van der Waals surface area contributed by atoms with Gasteiger partial charge in [0.1, 0.15) is 5.82 Å². The molecule has 0 saturated heterocycles. The molecule has 120 valence electrons. The van der Waals surface area contributed by atoms with Gasteiger partial charge in [-0.15, -0.1) is 0 Å². The van der Waals surface area contributed by atoms with Gasteiger partial charge in [-0.1, -0.05) is 6.92 Å². The number of carbonyl (C=O) groups excluding carboxylic acids is 1. The number of carbonyl (C=O) groups is 1. The summed E-state index contributed by atoms with van der Waals surface area (Å²) in [5, 5.41) is 15.7. The van der Waals surface area contributed by atoms with Crippen LogP contribution in [0.25, 0.3) is 0 Å². The normalized spacial score (nSPS) is 9.96. The predicted octanol–water partition coefficient (Wildman–Crippen LogP) is 2.19. The summed E-state index contributed by atoms with van der Waals surface area (Å²) in [6.07, 6.45) is 2.55. The van der Waals surface area contributed by atoms with Crippen molar-refractivity contribution in [2.45, 2.75) is 19.9 Å². The summed E-state index contributed by atoms with van der Waals surface area (Å²) in [6, 6.07) is 8.51. The van der Waals surface area contributed by atoms with Crippen molar-refractivity contribution < 1.29 is 14.3 Å². The van der Waals surface area contributed by atoms with Gasteiger partial charge in [0.25, 0.3) is 5.91 Å². The van der Waals surface area contributed by atoms with Crippen LogP contribution in [0.4, 0.5) is 5.82 Å². The minimum Gasteiger partial charge on any atom is -0.493 e. The van der Waals surface area contributed by atoms with E-state index in [4.69, 9.17) is 14.7 Å². The average molecular weight is 314 g/mol. The van der Waals surface area contributed by atoms with Crippen molar-refractivity contribution in [3.05, 3.63) is 36.0 Å². The molecule has 0 fully saturated rings. The van der Waals surface area contributed by atoms with Crippen LogP contribution in [0.5, 0.6) is 11.5 Å². The second kappa shape index (κ2) is 7.84. The zero-order chi connectivity index (χ0) is 16.7. The van der Waals surface area contributed by atoms with Crippen molar-refractivity contribution in [2.75, 3.05) is 19.0 Å². The van der Waals surface area contributed by atoms with E-state index in [1.54, 1.807) is 35.1 Å². The van der Waals surface area contributed by atoms with Crippen molar-refractivity contribution in [3.8, 4) is 17.6 Å². The number of amides is 1. The van der Waals surface area contributed by atoms with Crippen molar-refractivity contribution >= 4 is 11.7 Å². The first kappa shape index (κ1) is 16.4.